The predicted molar refractivity (Wildman–Crippen MR) is 59.1 cm³/mol. The zero-order valence-corrected chi connectivity index (χ0v) is 9.42. The molecule has 1 N–H and O–H groups in total. The molecule has 2 aromatic heterocycles. The summed E-state index contributed by atoms with van der Waals surface area (Å²) in [5.74, 6) is -0.590. The van der Waals surface area contributed by atoms with Crippen molar-refractivity contribution in [3.8, 4) is 0 Å². The first-order chi connectivity index (χ1) is 8.20. The van der Waals surface area contributed by atoms with Gasteiger partial charge in [-0.2, -0.15) is 4.52 Å². The first-order valence-corrected chi connectivity index (χ1v) is 5.69. The lowest BCUT2D eigenvalue weighted by atomic mass is 10.2. The topological polar surface area (TPSA) is 80.4 Å². The second kappa shape index (κ2) is 3.51. The lowest BCUT2D eigenvalue weighted by Crippen LogP contribution is -2.09. The van der Waals surface area contributed by atoms with Crippen LogP contribution in [0.5, 0.6) is 0 Å². The summed E-state index contributed by atoms with van der Waals surface area (Å²) in [5, 5.41) is 17.1. The molecule has 3 rings (SSSR count). The Morgan fingerprint density at radius 3 is 2.94 bits per heavy atom. The van der Waals surface area contributed by atoms with Crippen LogP contribution in [0, 0.1) is 0 Å². The van der Waals surface area contributed by atoms with E-state index in [0.29, 0.717) is 18.0 Å². The third-order valence-electron chi connectivity index (χ3n) is 3.00. The van der Waals surface area contributed by atoms with Gasteiger partial charge in [-0.3, -0.25) is 0 Å². The number of rotatable bonds is 3. The van der Waals surface area contributed by atoms with Crippen LogP contribution in [0.1, 0.15) is 47.6 Å². The number of fused-ring (bicyclic) bond motifs is 1. The molecule has 88 valence electrons. The second-order valence-electron chi connectivity index (χ2n) is 4.28. The number of aromatic carboxylic acids is 1. The monoisotopic (exact) mass is 232 g/mol. The molecule has 0 amide bonds. The third kappa shape index (κ3) is 1.56. The number of carboxylic acids is 1. The number of nitrogens with zero attached hydrogens (tertiary/aromatic N) is 4. The molecule has 0 atom stereocenters. The van der Waals surface area contributed by atoms with Crippen LogP contribution < -0.4 is 0 Å². The van der Waals surface area contributed by atoms with E-state index in [9.17, 15) is 4.79 Å². The van der Waals surface area contributed by atoms with Gasteiger partial charge < -0.3 is 5.11 Å². The van der Waals surface area contributed by atoms with Gasteiger partial charge in [0.15, 0.2) is 11.3 Å². The van der Waals surface area contributed by atoms with E-state index in [2.05, 4.69) is 15.3 Å². The zero-order valence-electron chi connectivity index (χ0n) is 9.42. The molecule has 1 fully saturated rings. The van der Waals surface area contributed by atoms with E-state index in [-0.39, 0.29) is 5.69 Å². The summed E-state index contributed by atoms with van der Waals surface area (Å²) in [4.78, 5) is 15.6. The molecule has 0 spiro atoms. The Morgan fingerprint density at radius 1 is 1.59 bits per heavy atom. The van der Waals surface area contributed by atoms with Crippen molar-refractivity contribution in [3.63, 3.8) is 0 Å². The highest BCUT2D eigenvalue weighted by atomic mass is 16.4. The van der Waals surface area contributed by atoms with Crippen molar-refractivity contribution in [3.05, 3.63) is 23.1 Å². The van der Waals surface area contributed by atoms with Gasteiger partial charge in [-0.1, -0.05) is 12.1 Å². The molecule has 0 unspecified atom stereocenters. The number of carboxylic acid groups (broad SMARTS) is 1. The van der Waals surface area contributed by atoms with E-state index in [1.807, 2.05) is 6.92 Å². The van der Waals surface area contributed by atoms with E-state index in [1.54, 1.807) is 6.07 Å². The van der Waals surface area contributed by atoms with Crippen LogP contribution in [0.15, 0.2) is 6.07 Å². The number of carbonyl (C=O) groups is 1. The minimum Gasteiger partial charge on any atom is -0.477 e. The number of hydrogen-bond acceptors (Lipinski definition) is 4. The van der Waals surface area contributed by atoms with Gasteiger partial charge in [0.25, 0.3) is 0 Å². The van der Waals surface area contributed by atoms with E-state index in [4.69, 9.17) is 5.11 Å². The fraction of sp³-hybridized carbons (Fsp3) is 0.455. The molecule has 1 aliphatic carbocycles. The highest BCUT2D eigenvalue weighted by Gasteiger charge is 2.30. The van der Waals surface area contributed by atoms with Gasteiger partial charge in [0.1, 0.15) is 5.69 Å². The number of aromatic nitrogens is 4. The fourth-order valence-electron chi connectivity index (χ4n) is 1.90. The number of hydrogen-bond donors (Lipinski definition) is 1. The van der Waals surface area contributed by atoms with Crippen molar-refractivity contribution in [2.24, 2.45) is 0 Å². The molecule has 1 aliphatic rings. The van der Waals surface area contributed by atoms with Gasteiger partial charge in [-0.05, 0) is 25.3 Å². The van der Waals surface area contributed by atoms with Crippen molar-refractivity contribution in [2.75, 3.05) is 0 Å². The average molecular weight is 232 g/mol. The van der Waals surface area contributed by atoms with Crippen molar-refractivity contribution in [1.82, 2.24) is 19.8 Å². The molecule has 0 aromatic carbocycles. The van der Waals surface area contributed by atoms with Gasteiger partial charge in [0.05, 0.1) is 0 Å². The first kappa shape index (κ1) is 10.2. The molecule has 0 aliphatic heterocycles. The summed E-state index contributed by atoms with van der Waals surface area (Å²) in [6.45, 7) is 1.95. The van der Waals surface area contributed by atoms with Gasteiger partial charge in [-0.25, -0.2) is 9.78 Å². The van der Waals surface area contributed by atoms with Crippen LogP contribution in [0.2, 0.25) is 0 Å². The number of aryl methyl sites for hydroxylation is 1. The quantitative estimate of drug-likeness (QED) is 0.861. The first-order valence-electron chi connectivity index (χ1n) is 5.69. The highest BCUT2D eigenvalue weighted by molar-refractivity contribution is 5.86. The van der Waals surface area contributed by atoms with Crippen LogP contribution >= 0.6 is 0 Å². The molecular formula is C11H12N4O2. The fourth-order valence-corrected chi connectivity index (χ4v) is 1.90. The second-order valence-corrected chi connectivity index (χ2v) is 4.28. The van der Waals surface area contributed by atoms with Gasteiger partial charge in [0.2, 0.25) is 0 Å². The van der Waals surface area contributed by atoms with E-state index in [0.717, 1.165) is 24.2 Å². The molecule has 2 aromatic rings. The maximum atomic E-state index is 11.2. The minimum absolute atomic E-state index is 0.131. The molecule has 0 radical (unpaired) electrons. The lowest BCUT2D eigenvalue weighted by molar-refractivity contribution is 0.0686. The Morgan fingerprint density at radius 2 is 2.35 bits per heavy atom. The molecular weight excluding hydrogens is 220 g/mol. The molecule has 2 heterocycles. The van der Waals surface area contributed by atoms with E-state index in [1.165, 1.54) is 4.52 Å². The Bertz CT molecular complexity index is 601. The van der Waals surface area contributed by atoms with Crippen LogP contribution in [0.4, 0.5) is 0 Å². The average Bonchev–Trinajstić information content (AvgIpc) is 3.07. The van der Waals surface area contributed by atoms with E-state index >= 15 is 0 Å². The molecule has 6 nitrogen and oxygen atoms in total. The van der Waals surface area contributed by atoms with Crippen molar-refractivity contribution < 1.29 is 9.90 Å². The Hall–Kier alpha value is -1.98. The molecule has 6 heteroatoms. The van der Waals surface area contributed by atoms with Crippen molar-refractivity contribution in [2.45, 2.75) is 32.1 Å². The predicted octanol–water partition coefficient (Wildman–Crippen LogP) is 1.26. The van der Waals surface area contributed by atoms with Crippen molar-refractivity contribution in [1.29, 1.82) is 0 Å². The Balaban J connectivity index is 2.28. The SMILES string of the molecule is CCc1cc(C(=O)O)n2nnc(C3CC3)c2n1. The summed E-state index contributed by atoms with van der Waals surface area (Å²) in [5.41, 5.74) is 2.33. The van der Waals surface area contributed by atoms with Crippen molar-refractivity contribution >= 4 is 11.6 Å². The van der Waals surface area contributed by atoms with E-state index < -0.39 is 5.97 Å². The van der Waals surface area contributed by atoms with Crippen LogP contribution in [-0.2, 0) is 6.42 Å². The maximum absolute atomic E-state index is 11.2. The molecule has 17 heavy (non-hydrogen) atoms. The largest absolute Gasteiger partial charge is 0.477 e. The van der Waals surface area contributed by atoms with Crippen LogP contribution in [-0.4, -0.2) is 30.9 Å². The molecule has 1 saturated carbocycles. The van der Waals surface area contributed by atoms with Gasteiger partial charge >= 0.3 is 5.97 Å². The summed E-state index contributed by atoms with van der Waals surface area (Å²) in [6, 6.07) is 1.56. The summed E-state index contributed by atoms with van der Waals surface area (Å²) < 4.78 is 1.33. The third-order valence-corrected chi connectivity index (χ3v) is 3.00. The minimum atomic E-state index is -1.00. The Labute approximate surface area is 97.3 Å². The lowest BCUT2D eigenvalue weighted by Gasteiger charge is -2.02. The summed E-state index contributed by atoms with van der Waals surface area (Å²) in [6.07, 6.45) is 2.88. The van der Waals surface area contributed by atoms with Crippen LogP contribution in [0.3, 0.4) is 0 Å². The zero-order chi connectivity index (χ0) is 12.0. The maximum Gasteiger partial charge on any atom is 0.354 e. The van der Waals surface area contributed by atoms with Gasteiger partial charge in [0, 0.05) is 11.6 Å². The normalized spacial score (nSPS) is 15.4. The van der Waals surface area contributed by atoms with Gasteiger partial charge in [-0.15, -0.1) is 5.10 Å². The highest BCUT2D eigenvalue weighted by Crippen LogP contribution is 2.40. The summed E-state index contributed by atoms with van der Waals surface area (Å²) >= 11 is 0. The molecule has 0 bridgehead atoms. The smallest absolute Gasteiger partial charge is 0.354 e. The molecule has 0 saturated heterocycles. The standard InChI is InChI=1S/C11H12N4O2/c1-2-7-5-8(11(16)17)15-10(12-7)9(13-14-15)6-3-4-6/h5-6H,2-4H2,1H3,(H,16,17). The van der Waals surface area contributed by atoms with Crippen LogP contribution in [0.25, 0.3) is 5.65 Å². The Kier molecular flexibility index (Phi) is 2.10. The summed E-state index contributed by atoms with van der Waals surface area (Å²) in [7, 11) is 0.